The van der Waals surface area contributed by atoms with Crippen molar-refractivity contribution in [3.8, 4) is 0 Å². The highest BCUT2D eigenvalue weighted by Gasteiger charge is 2.39. The largest absolute Gasteiger partial charge is 0.387 e. The summed E-state index contributed by atoms with van der Waals surface area (Å²) in [5, 5.41) is 12.7. The minimum Gasteiger partial charge on any atom is -0.387 e. The minimum absolute atomic E-state index is 0.121. The molecule has 2 aliphatic heterocycles. The zero-order valence-corrected chi connectivity index (χ0v) is 13.0. The van der Waals surface area contributed by atoms with Crippen LogP contribution in [0.5, 0.6) is 0 Å². The number of rotatable bonds is 4. The molecule has 0 aliphatic carbocycles. The SMILES string of the molecule is O=C(Cc1cccs1)N1CCC(O)(CN2CCOCC2)C1. The summed E-state index contributed by atoms with van der Waals surface area (Å²) in [6.45, 7) is 4.95. The maximum absolute atomic E-state index is 12.3. The van der Waals surface area contributed by atoms with Crippen molar-refractivity contribution in [3.63, 3.8) is 0 Å². The van der Waals surface area contributed by atoms with Crippen LogP contribution in [0.15, 0.2) is 17.5 Å². The van der Waals surface area contributed by atoms with Gasteiger partial charge in [0.05, 0.1) is 31.8 Å². The second-order valence-electron chi connectivity index (χ2n) is 5.93. The van der Waals surface area contributed by atoms with Crippen LogP contribution < -0.4 is 0 Å². The monoisotopic (exact) mass is 310 g/mol. The van der Waals surface area contributed by atoms with Gasteiger partial charge in [-0.05, 0) is 17.9 Å². The number of carbonyl (C=O) groups excluding carboxylic acids is 1. The molecule has 6 heteroatoms. The molecule has 116 valence electrons. The Morgan fingerprint density at radius 3 is 2.90 bits per heavy atom. The number of β-amino-alcohol motifs (C(OH)–C–C–N with tert-alkyl or cyclic N) is 1. The van der Waals surface area contributed by atoms with E-state index in [1.165, 1.54) is 0 Å². The van der Waals surface area contributed by atoms with Gasteiger partial charge in [0.2, 0.25) is 5.91 Å². The smallest absolute Gasteiger partial charge is 0.227 e. The van der Waals surface area contributed by atoms with Gasteiger partial charge in [-0.1, -0.05) is 6.07 Å². The molecule has 3 rings (SSSR count). The average molecular weight is 310 g/mol. The van der Waals surface area contributed by atoms with Crippen molar-refractivity contribution in [1.82, 2.24) is 9.80 Å². The summed E-state index contributed by atoms with van der Waals surface area (Å²) < 4.78 is 5.33. The molecule has 0 aromatic carbocycles. The highest BCUT2D eigenvalue weighted by molar-refractivity contribution is 7.10. The number of aliphatic hydroxyl groups is 1. The second-order valence-corrected chi connectivity index (χ2v) is 6.97. The van der Waals surface area contributed by atoms with E-state index < -0.39 is 5.60 Å². The lowest BCUT2D eigenvalue weighted by atomic mass is 10.0. The maximum atomic E-state index is 12.3. The van der Waals surface area contributed by atoms with E-state index in [2.05, 4.69) is 4.90 Å². The van der Waals surface area contributed by atoms with E-state index in [1.54, 1.807) is 16.2 Å². The molecule has 1 unspecified atom stereocenters. The van der Waals surface area contributed by atoms with Crippen molar-refractivity contribution in [2.75, 3.05) is 45.9 Å². The Morgan fingerprint density at radius 1 is 1.38 bits per heavy atom. The van der Waals surface area contributed by atoms with Crippen molar-refractivity contribution in [1.29, 1.82) is 0 Å². The summed E-state index contributed by atoms with van der Waals surface area (Å²) in [6.07, 6.45) is 1.12. The molecule has 1 atom stereocenters. The number of nitrogens with zero attached hydrogens (tertiary/aromatic N) is 2. The van der Waals surface area contributed by atoms with Gasteiger partial charge in [0.15, 0.2) is 0 Å². The van der Waals surface area contributed by atoms with Crippen LogP contribution in [0.3, 0.4) is 0 Å². The molecule has 0 spiro atoms. The molecule has 0 bridgehead atoms. The van der Waals surface area contributed by atoms with Crippen LogP contribution in [-0.4, -0.2) is 72.4 Å². The number of amides is 1. The Morgan fingerprint density at radius 2 is 2.19 bits per heavy atom. The van der Waals surface area contributed by atoms with Gasteiger partial charge in [0, 0.05) is 31.1 Å². The Kier molecular flexibility index (Phi) is 4.59. The maximum Gasteiger partial charge on any atom is 0.227 e. The molecule has 1 N–H and O–H groups in total. The van der Waals surface area contributed by atoms with E-state index >= 15 is 0 Å². The highest BCUT2D eigenvalue weighted by atomic mass is 32.1. The molecular formula is C15H22N2O3S. The molecule has 2 saturated heterocycles. The molecule has 2 fully saturated rings. The molecule has 0 saturated carbocycles. The Bertz CT molecular complexity index is 473. The van der Waals surface area contributed by atoms with Crippen LogP contribution in [0, 0.1) is 0 Å². The molecule has 2 aliphatic rings. The van der Waals surface area contributed by atoms with Gasteiger partial charge in [-0.3, -0.25) is 9.69 Å². The molecule has 0 radical (unpaired) electrons. The zero-order valence-electron chi connectivity index (χ0n) is 12.2. The lowest BCUT2D eigenvalue weighted by Crippen LogP contribution is -2.49. The first-order chi connectivity index (χ1) is 10.1. The molecule has 5 nitrogen and oxygen atoms in total. The van der Waals surface area contributed by atoms with E-state index in [9.17, 15) is 9.90 Å². The fourth-order valence-electron chi connectivity index (χ4n) is 3.05. The lowest BCUT2D eigenvalue weighted by molar-refractivity contribution is -0.130. The van der Waals surface area contributed by atoms with Crippen LogP contribution in [-0.2, 0) is 16.0 Å². The molecule has 3 heterocycles. The van der Waals surface area contributed by atoms with Crippen LogP contribution in [0.2, 0.25) is 0 Å². The first-order valence-electron chi connectivity index (χ1n) is 7.47. The number of hydrogen-bond donors (Lipinski definition) is 1. The third-order valence-electron chi connectivity index (χ3n) is 4.21. The van der Waals surface area contributed by atoms with Gasteiger partial charge < -0.3 is 14.7 Å². The Labute approximate surface area is 129 Å². The second kappa shape index (κ2) is 6.44. The topological polar surface area (TPSA) is 53.0 Å². The predicted octanol–water partition coefficient (Wildman–Crippen LogP) is 0.586. The van der Waals surface area contributed by atoms with E-state index in [0.29, 0.717) is 32.5 Å². The van der Waals surface area contributed by atoms with Crippen LogP contribution >= 0.6 is 11.3 Å². The van der Waals surface area contributed by atoms with E-state index in [4.69, 9.17) is 4.74 Å². The third kappa shape index (κ3) is 3.83. The normalized spacial score (nSPS) is 27.2. The lowest BCUT2D eigenvalue weighted by Gasteiger charge is -2.33. The Balaban J connectivity index is 1.52. The van der Waals surface area contributed by atoms with Gasteiger partial charge in [-0.2, -0.15) is 0 Å². The van der Waals surface area contributed by atoms with Gasteiger partial charge in [0.1, 0.15) is 0 Å². The standard InChI is InChI=1S/C15H22N2O3S/c18-14(10-13-2-1-9-21-13)17-4-3-15(19,12-17)11-16-5-7-20-8-6-16/h1-2,9,19H,3-8,10-12H2. The van der Waals surface area contributed by atoms with Crippen molar-refractivity contribution >= 4 is 17.2 Å². The van der Waals surface area contributed by atoms with E-state index in [1.807, 2.05) is 17.5 Å². The van der Waals surface area contributed by atoms with Crippen LogP contribution in [0.1, 0.15) is 11.3 Å². The number of ether oxygens (including phenoxy) is 1. The number of likely N-dealkylation sites (tertiary alicyclic amines) is 1. The summed E-state index contributed by atoms with van der Waals surface area (Å²) in [7, 11) is 0. The summed E-state index contributed by atoms with van der Waals surface area (Å²) in [5.74, 6) is 0.121. The molecule has 1 aromatic heterocycles. The van der Waals surface area contributed by atoms with Crippen molar-refractivity contribution in [2.45, 2.75) is 18.4 Å². The Hall–Kier alpha value is -0.950. The third-order valence-corrected chi connectivity index (χ3v) is 5.09. The molecular weight excluding hydrogens is 288 g/mol. The van der Waals surface area contributed by atoms with E-state index in [-0.39, 0.29) is 5.91 Å². The van der Waals surface area contributed by atoms with Crippen molar-refractivity contribution in [2.24, 2.45) is 0 Å². The highest BCUT2D eigenvalue weighted by Crippen LogP contribution is 2.24. The average Bonchev–Trinajstić information content (AvgIpc) is 3.10. The van der Waals surface area contributed by atoms with Gasteiger partial charge >= 0.3 is 0 Å². The summed E-state index contributed by atoms with van der Waals surface area (Å²) in [5.41, 5.74) is -0.761. The molecule has 1 aromatic rings. The fraction of sp³-hybridized carbons (Fsp3) is 0.667. The summed E-state index contributed by atoms with van der Waals surface area (Å²) in [6, 6.07) is 3.95. The number of morpholine rings is 1. The molecule has 1 amide bonds. The quantitative estimate of drug-likeness (QED) is 0.884. The first-order valence-corrected chi connectivity index (χ1v) is 8.35. The van der Waals surface area contributed by atoms with Crippen molar-refractivity contribution < 1.29 is 14.6 Å². The molecule has 21 heavy (non-hydrogen) atoms. The summed E-state index contributed by atoms with van der Waals surface area (Å²) >= 11 is 1.61. The van der Waals surface area contributed by atoms with Gasteiger partial charge in [0.25, 0.3) is 0 Å². The van der Waals surface area contributed by atoms with Gasteiger partial charge in [-0.25, -0.2) is 0 Å². The minimum atomic E-state index is -0.761. The van der Waals surface area contributed by atoms with Crippen LogP contribution in [0.4, 0.5) is 0 Å². The number of carbonyl (C=O) groups is 1. The van der Waals surface area contributed by atoms with E-state index in [0.717, 1.165) is 31.2 Å². The van der Waals surface area contributed by atoms with Crippen LogP contribution in [0.25, 0.3) is 0 Å². The number of hydrogen-bond acceptors (Lipinski definition) is 5. The zero-order chi connectivity index (χ0) is 14.7. The summed E-state index contributed by atoms with van der Waals surface area (Å²) in [4.78, 5) is 17.4. The fourth-order valence-corrected chi connectivity index (χ4v) is 3.74. The number of thiophene rings is 1. The predicted molar refractivity (Wildman–Crippen MR) is 81.4 cm³/mol. The van der Waals surface area contributed by atoms with Gasteiger partial charge in [-0.15, -0.1) is 11.3 Å². The first kappa shape index (κ1) is 15.0. The van der Waals surface area contributed by atoms with Crippen molar-refractivity contribution in [3.05, 3.63) is 22.4 Å².